The zero-order chi connectivity index (χ0) is 18.7. The summed E-state index contributed by atoms with van der Waals surface area (Å²) >= 11 is 0. The molecule has 144 valence electrons. The van der Waals surface area contributed by atoms with Crippen LogP contribution in [0.15, 0.2) is 65.7 Å². The summed E-state index contributed by atoms with van der Waals surface area (Å²) < 4.78 is 6.09. The number of hydrogen-bond acceptors (Lipinski definition) is 2. The largest absolute Gasteiger partial charge is 0.373 e. The molecule has 2 aromatic rings. The molecule has 1 fully saturated rings. The zero-order valence-corrected chi connectivity index (χ0v) is 16.2. The number of aryl methyl sites for hydroxylation is 1. The van der Waals surface area contributed by atoms with Gasteiger partial charge in [0.1, 0.15) is 0 Å². The van der Waals surface area contributed by atoms with Crippen LogP contribution in [0.2, 0.25) is 0 Å². The van der Waals surface area contributed by atoms with E-state index in [1.165, 1.54) is 17.5 Å². The molecule has 27 heavy (non-hydrogen) atoms. The topological polar surface area (TPSA) is 45.7 Å². The van der Waals surface area contributed by atoms with E-state index in [-0.39, 0.29) is 6.10 Å². The Morgan fingerprint density at radius 1 is 1.04 bits per heavy atom. The van der Waals surface area contributed by atoms with E-state index in [9.17, 15) is 0 Å². The number of guanidine groups is 1. The Hall–Kier alpha value is -2.33. The first-order valence-electron chi connectivity index (χ1n) is 10.0. The van der Waals surface area contributed by atoms with Crippen LogP contribution in [0, 0.1) is 5.92 Å². The smallest absolute Gasteiger partial charge is 0.190 e. The minimum absolute atomic E-state index is 0.170. The molecule has 0 aliphatic carbocycles. The lowest BCUT2D eigenvalue weighted by molar-refractivity contribution is -0.0265. The van der Waals surface area contributed by atoms with E-state index < -0.39 is 0 Å². The second kappa shape index (κ2) is 10.7. The van der Waals surface area contributed by atoms with Crippen LogP contribution in [0.3, 0.4) is 0 Å². The van der Waals surface area contributed by atoms with Crippen LogP contribution < -0.4 is 10.6 Å². The monoisotopic (exact) mass is 365 g/mol. The average molecular weight is 366 g/mol. The van der Waals surface area contributed by atoms with Gasteiger partial charge in [-0.1, -0.05) is 60.7 Å². The molecule has 2 unspecified atom stereocenters. The maximum Gasteiger partial charge on any atom is 0.190 e. The number of hydrogen-bond donors (Lipinski definition) is 2. The fraction of sp³-hybridized carbons (Fsp3) is 0.435. The van der Waals surface area contributed by atoms with E-state index >= 15 is 0 Å². The SMILES string of the molecule is CN=C(NCCCc1ccccc1)NCC1CCCOC1c1ccccc1. The Kier molecular flexibility index (Phi) is 7.72. The molecule has 1 aliphatic heterocycles. The van der Waals surface area contributed by atoms with Crippen molar-refractivity contribution in [2.24, 2.45) is 10.9 Å². The van der Waals surface area contributed by atoms with E-state index in [2.05, 4.69) is 76.3 Å². The highest BCUT2D eigenvalue weighted by Crippen LogP contribution is 2.32. The van der Waals surface area contributed by atoms with Crippen molar-refractivity contribution in [2.45, 2.75) is 31.8 Å². The van der Waals surface area contributed by atoms with Gasteiger partial charge >= 0.3 is 0 Å². The fourth-order valence-corrected chi connectivity index (χ4v) is 3.66. The Labute approximate surface area is 163 Å². The van der Waals surface area contributed by atoms with Crippen molar-refractivity contribution >= 4 is 5.96 Å². The number of ether oxygens (including phenoxy) is 1. The van der Waals surface area contributed by atoms with Gasteiger partial charge in [0.2, 0.25) is 0 Å². The van der Waals surface area contributed by atoms with Crippen molar-refractivity contribution in [1.82, 2.24) is 10.6 Å². The number of nitrogens with zero attached hydrogens (tertiary/aromatic N) is 1. The lowest BCUT2D eigenvalue weighted by atomic mass is 9.89. The number of benzene rings is 2. The predicted molar refractivity (Wildman–Crippen MR) is 112 cm³/mol. The summed E-state index contributed by atoms with van der Waals surface area (Å²) in [5.74, 6) is 1.34. The van der Waals surface area contributed by atoms with Gasteiger partial charge in [-0.3, -0.25) is 4.99 Å². The molecule has 3 rings (SSSR count). The van der Waals surface area contributed by atoms with Gasteiger partial charge in [-0.15, -0.1) is 0 Å². The second-order valence-electron chi connectivity index (χ2n) is 7.07. The van der Waals surface area contributed by atoms with Crippen molar-refractivity contribution in [3.05, 3.63) is 71.8 Å². The van der Waals surface area contributed by atoms with Crippen LogP contribution >= 0.6 is 0 Å². The number of aliphatic imine (C=N–C) groups is 1. The summed E-state index contributed by atoms with van der Waals surface area (Å²) in [5, 5.41) is 6.93. The molecule has 0 aromatic heterocycles. The van der Waals surface area contributed by atoms with Crippen LogP contribution in [0.25, 0.3) is 0 Å². The van der Waals surface area contributed by atoms with Crippen molar-refractivity contribution in [2.75, 3.05) is 26.7 Å². The molecule has 0 amide bonds. The van der Waals surface area contributed by atoms with Gasteiger partial charge in [0.05, 0.1) is 6.10 Å². The Morgan fingerprint density at radius 2 is 1.78 bits per heavy atom. The zero-order valence-electron chi connectivity index (χ0n) is 16.2. The van der Waals surface area contributed by atoms with E-state index in [4.69, 9.17) is 4.74 Å². The Balaban J connectivity index is 1.44. The van der Waals surface area contributed by atoms with Gasteiger partial charge in [-0.05, 0) is 36.8 Å². The molecule has 4 heteroatoms. The first-order chi connectivity index (χ1) is 13.4. The average Bonchev–Trinajstić information content (AvgIpc) is 2.75. The minimum Gasteiger partial charge on any atom is -0.373 e. The van der Waals surface area contributed by atoms with Crippen molar-refractivity contribution < 1.29 is 4.74 Å². The first kappa shape index (κ1) is 19.4. The molecule has 4 nitrogen and oxygen atoms in total. The van der Waals surface area contributed by atoms with Crippen LogP contribution in [-0.2, 0) is 11.2 Å². The molecule has 0 radical (unpaired) electrons. The van der Waals surface area contributed by atoms with E-state index in [0.29, 0.717) is 5.92 Å². The third kappa shape index (κ3) is 6.10. The standard InChI is InChI=1S/C23H31N3O/c1-24-23(25-16-8-12-19-10-4-2-5-11-19)26-18-21-15-9-17-27-22(21)20-13-6-3-7-14-20/h2-7,10-11,13-14,21-22H,8-9,12,15-18H2,1H3,(H2,24,25,26). The van der Waals surface area contributed by atoms with Gasteiger partial charge < -0.3 is 15.4 Å². The van der Waals surface area contributed by atoms with E-state index in [0.717, 1.165) is 44.9 Å². The molecule has 0 spiro atoms. The molecule has 1 aliphatic rings. The second-order valence-corrected chi connectivity index (χ2v) is 7.07. The maximum absolute atomic E-state index is 6.09. The normalized spacial score (nSPS) is 20.3. The minimum atomic E-state index is 0.170. The Morgan fingerprint density at radius 3 is 2.52 bits per heavy atom. The number of nitrogens with one attached hydrogen (secondary N) is 2. The molecule has 2 aromatic carbocycles. The maximum atomic E-state index is 6.09. The molecule has 1 heterocycles. The third-order valence-electron chi connectivity index (χ3n) is 5.11. The summed E-state index contributed by atoms with van der Waals surface area (Å²) in [6.45, 7) is 2.64. The fourth-order valence-electron chi connectivity index (χ4n) is 3.66. The van der Waals surface area contributed by atoms with Crippen molar-refractivity contribution in [3.8, 4) is 0 Å². The predicted octanol–water partition coefficient (Wildman–Crippen LogP) is 3.95. The molecule has 1 saturated heterocycles. The molecule has 2 N–H and O–H groups in total. The van der Waals surface area contributed by atoms with Crippen LogP contribution in [0.5, 0.6) is 0 Å². The number of rotatable bonds is 7. The quantitative estimate of drug-likeness (QED) is 0.444. The molecule has 0 bridgehead atoms. The summed E-state index contributed by atoms with van der Waals surface area (Å²) in [5.41, 5.74) is 2.65. The highest BCUT2D eigenvalue weighted by atomic mass is 16.5. The van der Waals surface area contributed by atoms with Crippen molar-refractivity contribution in [3.63, 3.8) is 0 Å². The molecular formula is C23H31N3O. The van der Waals surface area contributed by atoms with Gasteiger partial charge in [-0.2, -0.15) is 0 Å². The van der Waals surface area contributed by atoms with Crippen LogP contribution in [0.1, 0.15) is 36.5 Å². The van der Waals surface area contributed by atoms with Gasteiger partial charge in [0, 0.05) is 32.7 Å². The Bertz CT molecular complexity index is 687. The van der Waals surface area contributed by atoms with Gasteiger partial charge in [0.25, 0.3) is 0 Å². The van der Waals surface area contributed by atoms with E-state index in [1.807, 2.05) is 7.05 Å². The lowest BCUT2D eigenvalue weighted by Gasteiger charge is -2.32. The van der Waals surface area contributed by atoms with Crippen LogP contribution in [0.4, 0.5) is 0 Å². The van der Waals surface area contributed by atoms with E-state index in [1.54, 1.807) is 0 Å². The third-order valence-corrected chi connectivity index (χ3v) is 5.11. The van der Waals surface area contributed by atoms with Gasteiger partial charge in [0.15, 0.2) is 5.96 Å². The lowest BCUT2D eigenvalue weighted by Crippen LogP contribution is -2.42. The summed E-state index contributed by atoms with van der Waals surface area (Å²) in [6.07, 6.45) is 4.64. The summed E-state index contributed by atoms with van der Waals surface area (Å²) in [6, 6.07) is 21.2. The highest BCUT2D eigenvalue weighted by molar-refractivity contribution is 5.79. The molecule has 2 atom stereocenters. The summed E-state index contributed by atoms with van der Waals surface area (Å²) in [7, 11) is 1.83. The molecule has 0 saturated carbocycles. The van der Waals surface area contributed by atoms with Crippen molar-refractivity contribution in [1.29, 1.82) is 0 Å². The van der Waals surface area contributed by atoms with Gasteiger partial charge in [-0.25, -0.2) is 0 Å². The molecular weight excluding hydrogens is 334 g/mol. The highest BCUT2D eigenvalue weighted by Gasteiger charge is 2.27. The van der Waals surface area contributed by atoms with Crippen LogP contribution in [-0.4, -0.2) is 32.7 Å². The summed E-state index contributed by atoms with van der Waals surface area (Å²) in [4.78, 5) is 4.37. The first-order valence-corrected chi connectivity index (χ1v) is 10.0.